The highest BCUT2D eigenvalue weighted by atomic mass is 35.5. The van der Waals surface area contributed by atoms with Gasteiger partial charge in [0.05, 0.1) is 29.5 Å². The third-order valence-electron chi connectivity index (χ3n) is 2.83. The molecule has 1 aromatic heterocycles. The number of aromatic nitrogens is 1. The minimum Gasteiger partial charge on any atom is -0.465 e. The SMILES string of the molecule is COC(=O)c1ccc(-n2ccc(Cl)c(C=NO)c2=O)cc1. The van der Waals surface area contributed by atoms with E-state index in [0.717, 1.165) is 6.21 Å². The van der Waals surface area contributed by atoms with Crippen molar-refractivity contribution in [2.24, 2.45) is 5.16 Å². The van der Waals surface area contributed by atoms with Crippen LogP contribution in [0.3, 0.4) is 0 Å². The summed E-state index contributed by atoms with van der Waals surface area (Å²) in [6.07, 6.45) is 2.47. The average Bonchev–Trinajstić information content (AvgIpc) is 2.51. The number of rotatable bonds is 3. The Morgan fingerprint density at radius 1 is 1.33 bits per heavy atom. The summed E-state index contributed by atoms with van der Waals surface area (Å²) < 4.78 is 5.93. The van der Waals surface area contributed by atoms with Crippen molar-refractivity contribution in [2.45, 2.75) is 0 Å². The van der Waals surface area contributed by atoms with Gasteiger partial charge in [-0.05, 0) is 30.3 Å². The van der Waals surface area contributed by atoms with Gasteiger partial charge in [0.15, 0.2) is 0 Å². The molecule has 0 aliphatic carbocycles. The second kappa shape index (κ2) is 6.23. The number of carbonyl (C=O) groups is 1. The van der Waals surface area contributed by atoms with Gasteiger partial charge in [-0.2, -0.15) is 0 Å². The molecule has 0 fully saturated rings. The van der Waals surface area contributed by atoms with Crippen LogP contribution in [0.25, 0.3) is 5.69 Å². The van der Waals surface area contributed by atoms with Gasteiger partial charge >= 0.3 is 5.97 Å². The van der Waals surface area contributed by atoms with Gasteiger partial charge in [-0.3, -0.25) is 9.36 Å². The van der Waals surface area contributed by atoms with Crippen LogP contribution in [0.2, 0.25) is 5.02 Å². The quantitative estimate of drug-likeness (QED) is 0.407. The Hall–Kier alpha value is -2.60. The maximum Gasteiger partial charge on any atom is 0.337 e. The van der Waals surface area contributed by atoms with E-state index in [1.165, 1.54) is 23.9 Å². The molecule has 0 saturated carbocycles. The molecule has 0 bridgehead atoms. The van der Waals surface area contributed by atoms with Crippen molar-refractivity contribution >= 4 is 23.8 Å². The van der Waals surface area contributed by atoms with Crippen LogP contribution in [0.1, 0.15) is 15.9 Å². The number of nitrogens with zero attached hydrogens (tertiary/aromatic N) is 2. The van der Waals surface area contributed by atoms with Crippen LogP contribution in [0, 0.1) is 0 Å². The zero-order chi connectivity index (χ0) is 15.4. The van der Waals surface area contributed by atoms with E-state index in [1.807, 2.05) is 0 Å². The summed E-state index contributed by atoms with van der Waals surface area (Å²) in [5, 5.41) is 11.6. The Balaban J connectivity index is 2.50. The van der Waals surface area contributed by atoms with Gasteiger partial charge in [-0.15, -0.1) is 0 Å². The van der Waals surface area contributed by atoms with Crippen molar-refractivity contribution in [2.75, 3.05) is 7.11 Å². The number of halogens is 1. The molecule has 108 valence electrons. The van der Waals surface area contributed by atoms with Crippen molar-refractivity contribution in [3.05, 3.63) is 63.0 Å². The lowest BCUT2D eigenvalue weighted by Gasteiger charge is -2.08. The van der Waals surface area contributed by atoms with E-state index in [0.29, 0.717) is 11.3 Å². The van der Waals surface area contributed by atoms with Gasteiger partial charge in [-0.1, -0.05) is 16.8 Å². The molecule has 6 nitrogen and oxygen atoms in total. The van der Waals surface area contributed by atoms with E-state index in [9.17, 15) is 9.59 Å². The summed E-state index contributed by atoms with van der Waals surface area (Å²) in [6.45, 7) is 0. The van der Waals surface area contributed by atoms with E-state index < -0.39 is 11.5 Å². The molecule has 0 unspecified atom stereocenters. The molecule has 2 aromatic rings. The van der Waals surface area contributed by atoms with E-state index >= 15 is 0 Å². The summed E-state index contributed by atoms with van der Waals surface area (Å²) in [7, 11) is 1.29. The molecule has 0 atom stereocenters. The molecule has 0 saturated heterocycles. The van der Waals surface area contributed by atoms with Crippen molar-refractivity contribution in [3.63, 3.8) is 0 Å². The van der Waals surface area contributed by atoms with Crippen molar-refractivity contribution in [1.82, 2.24) is 4.57 Å². The first-order valence-corrected chi connectivity index (χ1v) is 6.23. The fourth-order valence-electron chi connectivity index (χ4n) is 1.78. The Kier molecular flexibility index (Phi) is 4.39. The number of esters is 1. The van der Waals surface area contributed by atoms with Gasteiger partial charge in [-0.25, -0.2) is 4.79 Å². The van der Waals surface area contributed by atoms with Crippen LogP contribution >= 0.6 is 11.6 Å². The fraction of sp³-hybridized carbons (Fsp3) is 0.0714. The van der Waals surface area contributed by atoms with Gasteiger partial charge in [0.25, 0.3) is 5.56 Å². The van der Waals surface area contributed by atoms with Gasteiger partial charge in [0.2, 0.25) is 0 Å². The van der Waals surface area contributed by atoms with E-state index in [2.05, 4.69) is 9.89 Å². The van der Waals surface area contributed by atoms with Crippen LogP contribution in [0.4, 0.5) is 0 Å². The van der Waals surface area contributed by atoms with Crippen LogP contribution in [0.5, 0.6) is 0 Å². The molecule has 0 aliphatic rings. The minimum atomic E-state index is -0.460. The van der Waals surface area contributed by atoms with E-state index in [4.69, 9.17) is 16.8 Å². The largest absolute Gasteiger partial charge is 0.465 e. The average molecular weight is 307 g/mol. The molecule has 7 heteroatoms. The highest BCUT2D eigenvalue weighted by Crippen LogP contribution is 2.13. The summed E-state index contributed by atoms with van der Waals surface area (Å²) >= 11 is 5.88. The fourth-order valence-corrected chi connectivity index (χ4v) is 1.97. The zero-order valence-corrected chi connectivity index (χ0v) is 11.7. The molecule has 0 amide bonds. The Bertz CT molecular complexity index is 751. The molecule has 0 radical (unpaired) electrons. The molecule has 0 spiro atoms. The normalized spacial score (nSPS) is 10.8. The molecule has 1 heterocycles. The molecule has 1 aromatic carbocycles. The maximum absolute atomic E-state index is 12.2. The van der Waals surface area contributed by atoms with Gasteiger partial charge < -0.3 is 9.94 Å². The summed E-state index contributed by atoms with van der Waals surface area (Å²) in [5.74, 6) is -0.460. The number of hydrogen-bond donors (Lipinski definition) is 1. The highest BCUT2D eigenvalue weighted by molar-refractivity contribution is 6.33. The van der Waals surface area contributed by atoms with Crippen LogP contribution in [-0.4, -0.2) is 29.1 Å². The summed E-state index contributed by atoms with van der Waals surface area (Å²) in [5.41, 5.74) is 0.544. The number of benzene rings is 1. The van der Waals surface area contributed by atoms with Crippen LogP contribution in [0.15, 0.2) is 46.5 Å². The second-order valence-corrected chi connectivity index (χ2v) is 4.44. The lowest BCUT2D eigenvalue weighted by atomic mass is 10.2. The monoisotopic (exact) mass is 306 g/mol. The lowest BCUT2D eigenvalue weighted by Crippen LogP contribution is -2.22. The Labute approximate surface area is 124 Å². The topological polar surface area (TPSA) is 80.9 Å². The predicted octanol–water partition coefficient (Wildman–Crippen LogP) is 2.09. The van der Waals surface area contributed by atoms with E-state index in [1.54, 1.807) is 24.3 Å². The van der Waals surface area contributed by atoms with Crippen molar-refractivity contribution in [1.29, 1.82) is 0 Å². The third kappa shape index (κ3) is 2.95. The highest BCUT2D eigenvalue weighted by Gasteiger charge is 2.10. The Morgan fingerprint density at radius 3 is 2.57 bits per heavy atom. The smallest absolute Gasteiger partial charge is 0.337 e. The second-order valence-electron chi connectivity index (χ2n) is 4.04. The number of hydrogen-bond acceptors (Lipinski definition) is 5. The lowest BCUT2D eigenvalue weighted by molar-refractivity contribution is 0.0601. The molecule has 0 aliphatic heterocycles. The first-order valence-electron chi connectivity index (χ1n) is 5.86. The summed E-state index contributed by atoms with van der Waals surface area (Å²) in [6, 6.07) is 7.79. The first kappa shape index (κ1) is 14.8. The molecular formula is C14H11ClN2O4. The minimum absolute atomic E-state index is 0.0683. The standard InChI is InChI=1S/C14H11ClN2O4/c1-21-14(19)9-2-4-10(5-3-9)17-7-6-12(15)11(8-16-20)13(17)18/h2-8,20H,1H3. The number of pyridine rings is 1. The Morgan fingerprint density at radius 2 is 2.00 bits per heavy atom. The number of ether oxygens (including phenoxy) is 1. The van der Waals surface area contributed by atoms with Crippen molar-refractivity contribution in [3.8, 4) is 5.69 Å². The number of oxime groups is 1. The van der Waals surface area contributed by atoms with Crippen LogP contribution < -0.4 is 5.56 Å². The predicted molar refractivity (Wildman–Crippen MR) is 77.8 cm³/mol. The zero-order valence-electron chi connectivity index (χ0n) is 11.0. The maximum atomic E-state index is 12.2. The third-order valence-corrected chi connectivity index (χ3v) is 3.16. The molecule has 21 heavy (non-hydrogen) atoms. The molecule has 2 rings (SSSR count). The molecular weight excluding hydrogens is 296 g/mol. The molecule has 1 N–H and O–H groups in total. The van der Waals surface area contributed by atoms with Crippen molar-refractivity contribution < 1.29 is 14.7 Å². The van der Waals surface area contributed by atoms with Gasteiger partial charge in [0, 0.05) is 11.9 Å². The van der Waals surface area contributed by atoms with Gasteiger partial charge in [0.1, 0.15) is 0 Å². The van der Waals surface area contributed by atoms with E-state index in [-0.39, 0.29) is 10.6 Å². The summed E-state index contributed by atoms with van der Waals surface area (Å²) in [4.78, 5) is 23.6. The first-order chi connectivity index (χ1) is 10.1. The number of carbonyl (C=O) groups excluding carboxylic acids is 1. The van der Waals surface area contributed by atoms with Crippen LogP contribution in [-0.2, 0) is 4.74 Å². The number of methoxy groups -OCH3 is 1.